The number of carbonyl (C=O) groups is 2. The van der Waals surface area contributed by atoms with Gasteiger partial charge in [0.15, 0.2) is 0 Å². The van der Waals surface area contributed by atoms with E-state index in [-0.39, 0.29) is 5.91 Å². The molecule has 1 aromatic rings. The Kier molecular flexibility index (Phi) is 32.7. The first-order valence-corrected chi connectivity index (χ1v) is 16.4. The van der Waals surface area contributed by atoms with E-state index in [1.54, 1.807) is 10.9 Å². The average molecular weight is 696 g/mol. The Balaban J connectivity index is 1.65. The first kappa shape index (κ1) is 43.7. The molecule has 0 aliphatic heterocycles. The Bertz CT molecular complexity index is 841. The highest BCUT2D eigenvalue weighted by atomic mass is 16.6. The fourth-order valence-electron chi connectivity index (χ4n) is 3.39. The molecular weight excluding hydrogens is 638 g/mol. The van der Waals surface area contributed by atoms with E-state index in [0.717, 1.165) is 0 Å². The van der Waals surface area contributed by atoms with Crippen LogP contribution in [-0.2, 0) is 74.8 Å². The van der Waals surface area contributed by atoms with Crippen molar-refractivity contribution in [3.05, 3.63) is 11.9 Å². The number of aromatic nitrogens is 3. The average Bonchev–Trinajstić information content (AvgIpc) is 3.55. The molecule has 1 heterocycles. The minimum atomic E-state index is -0.106. The van der Waals surface area contributed by atoms with Crippen LogP contribution in [0.1, 0.15) is 12.6 Å². The standard InChI is InChI=1S/C30H57N5O13/c1-29(37)32-26-30-27-35(34-33-30)3-5-39-7-9-41-11-13-43-15-17-45-19-21-47-23-25-48-24-22-46-20-18-44-16-14-42-12-10-40-8-6-38-4-2-31-28-36/h27-28H,2-26H2,1H3,(H,31,36)(H,32,37). The number of hydrogen-bond donors (Lipinski definition) is 2. The summed E-state index contributed by atoms with van der Waals surface area (Å²) in [4.78, 5) is 21.0. The maximum absolute atomic E-state index is 10.9. The van der Waals surface area contributed by atoms with Crippen molar-refractivity contribution in [1.82, 2.24) is 25.6 Å². The van der Waals surface area contributed by atoms with Gasteiger partial charge >= 0.3 is 0 Å². The second-order valence-corrected chi connectivity index (χ2v) is 9.69. The smallest absolute Gasteiger partial charge is 0.217 e. The second kappa shape index (κ2) is 35.9. The molecule has 0 aromatic carbocycles. The second-order valence-electron chi connectivity index (χ2n) is 9.69. The van der Waals surface area contributed by atoms with E-state index in [1.807, 2.05) is 0 Å². The van der Waals surface area contributed by atoms with Gasteiger partial charge in [0.25, 0.3) is 0 Å². The monoisotopic (exact) mass is 695 g/mol. The van der Waals surface area contributed by atoms with Crippen molar-refractivity contribution in [2.24, 2.45) is 0 Å². The molecule has 0 fully saturated rings. The van der Waals surface area contributed by atoms with Crippen molar-refractivity contribution in [2.45, 2.75) is 20.0 Å². The lowest BCUT2D eigenvalue weighted by Gasteiger charge is -2.09. The number of hydrogen-bond acceptors (Lipinski definition) is 15. The summed E-state index contributed by atoms with van der Waals surface area (Å²) >= 11 is 0. The molecule has 18 heteroatoms. The van der Waals surface area contributed by atoms with Crippen molar-refractivity contribution < 1.29 is 61.7 Å². The van der Waals surface area contributed by atoms with Gasteiger partial charge in [-0.25, -0.2) is 4.68 Å². The van der Waals surface area contributed by atoms with Crippen molar-refractivity contribution in [3.63, 3.8) is 0 Å². The van der Waals surface area contributed by atoms with E-state index in [4.69, 9.17) is 52.1 Å². The first-order valence-electron chi connectivity index (χ1n) is 16.4. The van der Waals surface area contributed by atoms with Crippen LogP contribution < -0.4 is 10.6 Å². The molecule has 0 spiro atoms. The zero-order chi connectivity index (χ0) is 34.4. The van der Waals surface area contributed by atoms with Crippen LogP contribution in [0, 0.1) is 0 Å². The van der Waals surface area contributed by atoms with Crippen molar-refractivity contribution in [3.8, 4) is 0 Å². The van der Waals surface area contributed by atoms with Crippen LogP contribution >= 0.6 is 0 Å². The summed E-state index contributed by atoms with van der Waals surface area (Å²) < 4.78 is 61.5. The van der Waals surface area contributed by atoms with Crippen LogP contribution in [0.25, 0.3) is 0 Å². The Morgan fingerprint density at radius 3 is 1.25 bits per heavy atom. The van der Waals surface area contributed by atoms with Crippen LogP contribution in [-0.4, -0.2) is 179 Å². The zero-order valence-electron chi connectivity index (χ0n) is 28.5. The van der Waals surface area contributed by atoms with Gasteiger partial charge in [-0.05, 0) is 0 Å². The minimum absolute atomic E-state index is 0.106. The molecule has 48 heavy (non-hydrogen) atoms. The van der Waals surface area contributed by atoms with Gasteiger partial charge in [-0.15, -0.1) is 5.10 Å². The molecule has 0 unspecified atom stereocenters. The molecule has 0 aliphatic rings. The summed E-state index contributed by atoms with van der Waals surface area (Å²) in [5.74, 6) is -0.106. The molecule has 0 atom stereocenters. The number of carbonyl (C=O) groups excluding carboxylic acids is 2. The largest absolute Gasteiger partial charge is 0.377 e. The maximum atomic E-state index is 10.9. The lowest BCUT2D eigenvalue weighted by Crippen LogP contribution is -2.19. The minimum Gasteiger partial charge on any atom is -0.377 e. The fourth-order valence-corrected chi connectivity index (χ4v) is 3.39. The number of nitrogens with zero attached hydrogens (tertiary/aromatic N) is 3. The van der Waals surface area contributed by atoms with Crippen molar-refractivity contribution in [2.75, 3.05) is 152 Å². The predicted octanol–water partition coefficient (Wildman–Crippen LogP) is -1.16. The van der Waals surface area contributed by atoms with Gasteiger partial charge in [0.1, 0.15) is 5.69 Å². The number of ether oxygens (including phenoxy) is 11. The van der Waals surface area contributed by atoms with Gasteiger partial charge in [0.05, 0.1) is 165 Å². The maximum Gasteiger partial charge on any atom is 0.217 e. The molecule has 18 nitrogen and oxygen atoms in total. The van der Waals surface area contributed by atoms with E-state index >= 15 is 0 Å². The molecule has 0 aliphatic carbocycles. The molecule has 0 bridgehead atoms. The van der Waals surface area contributed by atoms with Crippen LogP contribution in [0.15, 0.2) is 6.20 Å². The van der Waals surface area contributed by atoms with E-state index in [2.05, 4.69) is 20.9 Å². The molecule has 2 N–H and O–H groups in total. The third-order valence-corrected chi connectivity index (χ3v) is 5.76. The van der Waals surface area contributed by atoms with Crippen LogP contribution in [0.4, 0.5) is 0 Å². The van der Waals surface area contributed by atoms with Crippen LogP contribution in [0.2, 0.25) is 0 Å². The lowest BCUT2D eigenvalue weighted by molar-refractivity contribution is -0.119. The van der Waals surface area contributed by atoms with Gasteiger partial charge in [0.2, 0.25) is 12.3 Å². The highest BCUT2D eigenvalue weighted by Crippen LogP contribution is 1.93. The first-order chi connectivity index (χ1) is 23.7. The summed E-state index contributed by atoms with van der Waals surface area (Å²) in [6.07, 6.45) is 2.42. The summed E-state index contributed by atoms with van der Waals surface area (Å²) in [6.45, 7) is 13.6. The number of rotatable bonds is 39. The SMILES string of the molecule is CC(=O)NCc1cn(CCOCCOCCOCCOCCOCCOCCOCCOCCOCCOCCOCCNC=O)nn1. The van der Waals surface area contributed by atoms with Crippen LogP contribution in [0.3, 0.4) is 0 Å². The van der Waals surface area contributed by atoms with Crippen molar-refractivity contribution >= 4 is 12.3 Å². The molecule has 0 saturated carbocycles. The summed E-state index contributed by atoms with van der Waals surface area (Å²) in [5.41, 5.74) is 0.701. The Morgan fingerprint density at radius 2 is 0.917 bits per heavy atom. The van der Waals surface area contributed by atoms with E-state index in [9.17, 15) is 9.59 Å². The third-order valence-electron chi connectivity index (χ3n) is 5.76. The Morgan fingerprint density at radius 1 is 0.583 bits per heavy atom. The van der Waals surface area contributed by atoms with E-state index in [1.165, 1.54) is 6.92 Å². The highest BCUT2D eigenvalue weighted by molar-refractivity contribution is 5.72. The Labute approximate surface area is 283 Å². The molecule has 280 valence electrons. The van der Waals surface area contributed by atoms with Gasteiger partial charge < -0.3 is 62.7 Å². The van der Waals surface area contributed by atoms with Gasteiger partial charge in [-0.2, -0.15) is 0 Å². The van der Waals surface area contributed by atoms with Crippen molar-refractivity contribution in [1.29, 1.82) is 0 Å². The third kappa shape index (κ3) is 32.2. The van der Waals surface area contributed by atoms with E-state index in [0.29, 0.717) is 177 Å². The fraction of sp³-hybridized carbons (Fsp3) is 0.867. The number of nitrogens with one attached hydrogen (secondary N) is 2. The van der Waals surface area contributed by atoms with Crippen LogP contribution in [0.5, 0.6) is 0 Å². The van der Waals surface area contributed by atoms with Gasteiger partial charge in [-0.3, -0.25) is 9.59 Å². The zero-order valence-corrected chi connectivity index (χ0v) is 28.5. The quantitative estimate of drug-likeness (QED) is 0.0619. The summed E-state index contributed by atoms with van der Waals surface area (Å²) in [7, 11) is 0. The normalized spacial score (nSPS) is 11.3. The number of amides is 2. The van der Waals surface area contributed by atoms with E-state index < -0.39 is 0 Å². The molecule has 0 radical (unpaired) electrons. The predicted molar refractivity (Wildman–Crippen MR) is 171 cm³/mol. The lowest BCUT2D eigenvalue weighted by atomic mass is 10.4. The molecule has 2 amide bonds. The molecular formula is C30H57N5O13. The molecule has 1 rings (SSSR count). The van der Waals surface area contributed by atoms with Gasteiger partial charge in [-0.1, -0.05) is 5.21 Å². The van der Waals surface area contributed by atoms with Gasteiger partial charge in [0, 0.05) is 13.5 Å². The summed E-state index contributed by atoms with van der Waals surface area (Å²) in [5, 5.41) is 13.2. The molecule has 0 saturated heterocycles. The topological polar surface area (TPSA) is 190 Å². The highest BCUT2D eigenvalue weighted by Gasteiger charge is 2.02. The Hall–Kier alpha value is -2.36. The summed E-state index contributed by atoms with van der Waals surface area (Å²) in [6, 6.07) is 0. The molecule has 1 aromatic heterocycles.